The van der Waals surface area contributed by atoms with Crippen LogP contribution in [-0.2, 0) is 14.3 Å². The quantitative estimate of drug-likeness (QED) is 0.208. The largest absolute Gasteiger partial charge is 0.507 e. The average Bonchev–Trinajstić information content (AvgIpc) is 3.13. The second kappa shape index (κ2) is 12.3. The molecule has 8 heteroatoms. The number of carbonyl (C=O) groups excluding carboxylic acids is 2. The summed E-state index contributed by atoms with van der Waals surface area (Å²) in [6.07, 6.45) is 2.44. The number of methoxy groups -OCH3 is 3. The van der Waals surface area contributed by atoms with Crippen LogP contribution in [0.4, 0.5) is 0 Å². The molecular weight excluding hydrogens is 450 g/mol. The number of amides is 1. The number of benzene rings is 2. The number of ketones is 1. The van der Waals surface area contributed by atoms with Crippen LogP contribution >= 0.6 is 0 Å². The van der Waals surface area contributed by atoms with Crippen LogP contribution in [0.5, 0.6) is 17.2 Å². The zero-order valence-corrected chi connectivity index (χ0v) is 20.7. The summed E-state index contributed by atoms with van der Waals surface area (Å²) in [4.78, 5) is 27.7. The van der Waals surface area contributed by atoms with E-state index in [1.807, 2.05) is 0 Å². The lowest BCUT2D eigenvalue weighted by Crippen LogP contribution is -2.31. The topological polar surface area (TPSA) is 94.5 Å². The zero-order chi connectivity index (χ0) is 25.4. The highest BCUT2D eigenvalue weighted by atomic mass is 16.5. The van der Waals surface area contributed by atoms with E-state index in [0.717, 1.165) is 12.8 Å². The summed E-state index contributed by atoms with van der Waals surface area (Å²) in [6.45, 7) is 3.34. The molecular formula is C27H33NO7. The van der Waals surface area contributed by atoms with Crippen molar-refractivity contribution >= 4 is 17.4 Å². The number of nitrogens with zero attached hydrogens (tertiary/aromatic N) is 1. The Labute approximate surface area is 206 Å². The van der Waals surface area contributed by atoms with Crippen molar-refractivity contribution in [3.8, 4) is 17.2 Å². The number of hydrogen-bond donors (Lipinski definition) is 1. The van der Waals surface area contributed by atoms with Gasteiger partial charge in [0.25, 0.3) is 11.7 Å². The number of aliphatic hydroxyl groups excluding tert-OH is 1. The molecule has 1 heterocycles. The number of hydrogen-bond acceptors (Lipinski definition) is 7. The molecule has 0 bridgehead atoms. The summed E-state index contributed by atoms with van der Waals surface area (Å²) in [5, 5.41) is 11.3. The maximum absolute atomic E-state index is 13.2. The molecule has 0 spiro atoms. The van der Waals surface area contributed by atoms with Gasteiger partial charge in [-0.05, 0) is 42.7 Å². The molecule has 1 fully saturated rings. The predicted octanol–water partition coefficient (Wildman–Crippen LogP) is 4.34. The first-order valence-corrected chi connectivity index (χ1v) is 11.7. The van der Waals surface area contributed by atoms with Crippen molar-refractivity contribution in [3.63, 3.8) is 0 Å². The molecule has 1 saturated heterocycles. The van der Waals surface area contributed by atoms with Gasteiger partial charge in [-0.2, -0.15) is 0 Å². The summed E-state index contributed by atoms with van der Waals surface area (Å²) in [5.74, 6) is -0.101. The van der Waals surface area contributed by atoms with Gasteiger partial charge in [-0.25, -0.2) is 0 Å². The molecule has 3 rings (SSSR count). The third-order valence-electron chi connectivity index (χ3n) is 5.88. The van der Waals surface area contributed by atoms with Crippen molar-refractivity contribution in [1.29, 1.82) is 0 Å². The Morgan fingerprint density at radius 1 is 0.971 bits per heavy atom. The van der Waals surface area contributed by atoms with Gasteiger partial charge in [0, 0.05) is 25.8 Å². The summed E-state index contributed by atoms with van der Waals surface area (Å²) in [7, 11) is 4.63. The van der Waals surface area contributed by atoms with E-state index >= 15 is 0 Å². The molecule has 2 aromatic rings. The number of unbranched alkanes of at least 4 members (excludes halogenated alkanes) is 1. The van der Waals surface area contributed by atoms with Crippen LogP contribution in [-0.4, -0.2) is 62.8 Å². The SMILES string of the molecule is CCCCOc1cccc(/C(O)=C2\C(=O)C(=O)N(CCCOC)C2c2ccc(OC)c(OC)c2)c1. The Balaban J connectivity index is 2.09. The van der Waals surface area contributed by atoms with E-state index in [2.05, 4.69) is 6.92 Å². The molecule has 1 amide bonds. The van der Waals surface area contributed by atoms with E-state index in [4.69, 9.17) is 18.9 Å². The van der Waals surface area contributed by atoms with E-state index in [0.29, 0.717) is 48.0 Å². The van der Waals surface area contributed by atoms with Crippen molar-refractivity contribution in [2.75, 3.05) is 41.1 Å². The molecule has 2 aromatic carbocycles. The predicted molar refractivity (Wildman–Crippen MR) is 132 cm³/mol. The van der Waals surface area contributed by atoms with Gasteiger partial charge < -0.3 is 29.0 Å². The van der Waals surface area contributed by atoms with Crippen LogP contribution in [0.15, 0.2) is 48.0 Å². The Kier molecular flexibility index (Phi) is 9.14. The summed E-state index contributed by atoms with van der Waals surface area (Å²) in [5.41, 5.74) is 1.04. The minimum absolute atomic E-state index is 0.0188. The molecule has 188 valence electrons. The van der Waals surface area contributed by atoms with E-state index in [1.165, 1.54) is 19.1 Å². The van der Waals surface area contributed by atoms with Crippen molar-refractivity contribution < 1.29 is 33.6 Å². The van der Waals surface area contributed by atoms with Crippen LogP contribution in [0.1, 0.15) is 43.4 Å². The molecule has 0 aromatic heterocycles. The minimum atomic E-state index is -0.795. The Morgan fingerprint density at radius 2 is 1.74 bits per heavy atom. The first-order valence-electron chi connectivity index (χ1n) is 11.7. The van der Waals surface area contributed by atoms with E-state index in [-0.39, 0.29) is 17.9 Å². The number of aliphatic hydroxyl groups is 1. The molecule has 1 aliphatic rings. The van der Waals surface area contributed by atoms with Crippen molar-refractivity contribution in [2.45, 2.75) is 32.2 Å². The second-order valence-electron chi connectivity index (χ2n) is 8.18. The van der Waals surface area contributed by atoms with Crippen LogP contribution in [0.3, 0.4) is 0 Å². The molecule has 1 N–H and O–H groups in total. The van der Waals surface area contributed by atoms with Gasteiger partial charge >= 0.3 is 0 Å². The third kappa shape index (κ3) is 5.77. The fraction of sp³-hybridized carbons (Fsp3) is 0.407. The van der Waals surface area contributed by atoms with Gasteiger partial charge in [0.2, 0.25) is 0 Å². The highest BCUT2D eigenvalue weighted by Gasteiger charge is 2.46. The zero-order valence-electron chi connectivity index (χ0n) is 20.7. The van der Waals surface area contributed by atoms with Gasteiger partial charge in [0.1, 0.15) is 11.5 Å². The van der Waals surface area contributed by atoms with Gasteiger partial charge in [-0.1, -0.05) is 31.5 Å². The number of ether oxygens (including phenoxy) is 4. The lowest BCUT2D eigenvalue weighted by atomic mass is 9.95. The fourth-order valence-electron chi connectivity index (χ4n) is 4.08. The molecule has 8 nitrogen and oxygen atoms in total. The third-order valence-corrected chi connectivity index (χ3v) is 5.88. The highest BCUT2D eigenvalue weighted by molar-refractivity contribution is 6.46. The lowest BCUT2D eigenvalue weighted by Gasteiger charge is -2.26. The molecule has 1 unspecified atom stereocenters. The van der Waals surface area contributed by atoms with Crippen molar-refractivity contribution in [1.82, 2.24) is 4.90 Å². The van der Waals surface area contributed by atoms with Crippen molar-refractivity contribution in [2.24, 2.45) is 0 Å². The van der Waals surface area contributed by atoms with Crippen LogP contribution < -0.4 is 14.2 Å². The maximum Gasteiger partial charge on any atom is 0.295 e. The Hall–Kier alpha value is -3.52. The van der Waals surface area contributed by atoms with Crippen LogP contribution in [0, 0.1) is 0 Å². The Bertz CT molecular complexity index is 1080. The number of carbonyl (C=O) groups is 2. The van der Waals surface area contributed by atoms with Gasteiger partial charge in [-0.3, -0.25) is 9.59 Å². The van der Waals surface area contributed by atoms with Gasteiger partial charge in [0.05, 0.1) is 32.4 Å². The highest BCUT2D eigenvalue weighted by Crippen LogP contribution is 2.42. The van der Waals surface area contributed by atoms with Gasteiger partial charge in [-0.15, -0.1) is 0 Å². The van der Waals surface area contributed by atoms with Gasteiger partial charge in [0.15, 0.2) is 11.5 Å². The van der Waals surface area contributed by atoms with E-state index in [1.54, 1.807) is 49.6 Å². The molecule has 35 heavy (non-hydrogen) atoms. The summed E-state index contributed by atoms with van der Waals surface area (Å²) < 4.78 is 21.7. The van der Waals surface area contributed by atoms with E-state index < -0.39 is 17.7 Å². The smallest absolute Gasteiger partial charge is 0.295 e. The molecule has 1 aliphatic heterocycles. The average molecular weight is 484 g/mol. The van der Waals surface area contributed by atoms with E-state index in [9.17, 15) is 14.7 Å². The van der Waals surface area contributed by atoms with Crippen LogP contribution in [0.25, 0.3) is 5.76 Å². The number of Topliss-reactive ketones (excluding diaryl/α,β-unsaturated/α-hetero) is 1. The second-order valence-corrected chi connectivity index (χ2v) is 8.18. The molecule has 0 radical (unpaired) electrons. The molecule has 0 aliphatic carbocycles. The van der Waals surface area contributed by atoms with Crippen LogP contribution in [0.2, 0.25) is 0 Å². The summed E-state index contributed by atoms with van der Waals surface area (Å²) >= 11 is 0. The first kappa shape index (κ1) is 26.1. The fourth-order valence-corrected chi connectivity index (χ4v) is 4.08. The monoisotopic (exact) mass is 483 g/mol. The van der Waals surface area contributed by atoms with Crippen molar-refractivity contribution in [3.05, 3.63) is 59.2 Å². The number of rotatable bonds is 12. The normalized spacial score (nSPS) is 17.0. The summed E-state index contributed by atoms with van der Waals surface area (Å²) in [6, 6.07) is 11.3. The number of likely N-dealkylation sites (tertiary alicyclic amines) is 1. The molecule has 1 atom stereocenters. The minimum Gasteiger partial charge on any atom is -0.507 e. The molecule has 0 saturated carbocycles. The lowest BCUT2D eigenvalue weighted by molar-refractivity contribution is -0.140. The standard InChI is InChI=1S/C27H33NO7/c1-5-6-15-35-20-10-7-9-19(16-20)25(29)23-24(18-11-12-21(33-3)22(17-18)34-4)28(13-8-14-32-2)27(31)26(23)30/h7,9-12,16-17,24,29H,5-6,8,13-15H2,1-4H3/b25-23+. The maximum atomic E-state index is 13.2. The first-order chi connectivity index (χ1) is 17.0. The Morgan fingerprint density at radius 3 is 2.43 bits per heavy atom.